The highest BCUT2D eigenvalue weighted by Crippen LogP contribution is 2.35. The van der Waals surface area contributed by atoms with E-state index in [0.717, 1.165) is 10.0 Å². The van der Waals surface area contributed by atoms with Gasteiger partial charge in [-0.2, -0.15) is 0 Å². The summed E-state index contributed by atoms with van der Waals surface area (Å²) in [5, 5.41) is 3.04. The molecule has 0 aliphatic carbocycles. The van der Waals surface area contributed by atoms with E-state index in [-0.39, 0.29) is 23.8 Å². The number of β-lactam (4-membered cyclic amide) rings is 1. The second-order valence-electron chi connectivity index (χ2n) is 6.08. The number of rotatable bonds is 4. The van der Waals surface area contributed by atoms with Crippen molar-refractivity contribution in [2.45, 2.75) is 25.8 Å². The molecular weight excluding hydrogens is 408 g/mol. The monoisotopic (exact) mass is 424 g/mol. The number of oxime groups is 1. The first-order valence-electron chi connectivity index (χ1n) is 7.62. The van der Waals surface area contributed by atoms with Crippen molar-refractivity contribution in [3.05, 3.63) is 57.7 Å². The van der Waals surface area contributed by atoms with Crippen LogP contribution in [-0.4, -0.2) is 36.1 Å². The molecule has 2 aliphatic heterocycles. The number of carbonyl (C=O) groups is 1. The SMILES string of the molecule is CC1=CN2C(=O)/C(=C/C(C)=N/OCc3ccc(Br)cc3)C2S(=O)(=O)C1. The average molecular weight is 425 g/mol. The van der Waals surface area contributed by atoms with E-state index in [1.807, 2.05) is 24.3 Å². The van der Waals surface area contributed by atoms with Gasteiger partial charge < -0.3 is 4.84 Å². The minimum Gasteiger partial charge on any atom is -0.391 e. The molecule has 2 heterocycles. The molecule has 1 amide bonds. The fourth-order valence-corrected chi connectivity index (χ4v) is 4.97. The number of hydrogen-bond donors (Lipinski definition) is 0. The fraction of sp³-hybridized carbons (Fsp3) is 0.294. The molecule has 0 N–H and O–H groups in total. The summed E-state index contributed by atoms with van der Waals surface area (Å²) in [4.78, 5) is 18.7. The number of fused-ring (bicyclic) bond motifs is 1. The van der Waals surface area contributed by atoms with E-state index in [1.54, 1.807) is 20.0 Å². The third kappa shape index (κ3) is 3.69. The molecule has 25 heavy (non-hydrogen) atoms. The van der Waals surface area contributed by atoms with Gasteiger partial charge in [0.25, 0.3) is 5.91 Å². The van der Waals surface area contributed by atoms with Crippen LogP contribution in [0.25, 0.3) is 0 Å². The standard InChI is InChI=1S/C17H17BrN2O4S/c1-11-8-20-16(21)15(17(20)25(22,23)10-11)7-12(2)19-24-9-13-3-5-14(18)6-4-13/h3-8,17H,9-10H2,1-2H3/b15-7-,19-12+. The van der Waals surface area contributed by atoms with Crippen LogP contribution in [0.4, 0.5) is 0 Å². The van der Waals surface area contributed by atoms with E-state index in [2.05, 4.69) is 21.1 Å². The number of halogens is 1. The zero-order chi connectivity index (χ0) is 18.2. The summed E-state index contributed by atoms with van der Waals surface area (Å²) in [5.74, 6) is -0.343. The topological polar surface area (TPSA) is 76.0 Å². The van der Waals surface area contributed by atoms with Crippen molar-refractivity contribution in [3.63, 3.8) is 0 Å². The van der Waals surface area contributed by atoms with Crippen LogP contribution in [0.5, 0.6) is 0 Å². The van der Waals surface area contributed by atoms with Crippen molar-refractivity contribution in [1.82, 2.24) is 4.90 Å². The maximum atomic E-state index is 12.3. The maximum absolute atomic E-state index is 12.3. The van der Waals surface area contributed by atoms with Gasteiger partial charge in [0, 0.05) is 10.7 Å². The number of benzene rings is 1. The fourth-order valence-electron chi connectivity index (χ4n) is 2.78. The number of carbonyl (C=O) groups excluding carboxylic acids is 1. The van der Waals surface area contributed by atoms with Crippen LogP contribution in [0.1, 0.15) is 19.4 Å². The Morgan fingerprint density at radius 2 is 2.08 bits per heavy atom. The minimum absolute atomic E-state index is 0.0327. The molecule has 0 aromatic heterocycles. The summed E-state index contributed by atoms with van der Waals surface area (Å²) >= 11 is 3.36. The van der Waals surface area contributed by atoms with Gasteiger partial charge in [0.1, 0.15) is 6.61 Å². The van der Waals surface area contributed by atoms with Gasteiger partial charge in [0.15, 0.2) is 15.2 Å². The lowest BCUT2D eigenvalue weighted by Gasteiger charge is -2.42. The summed E-state index contributed by atoms with van der Waals surface area (Å²) < 4.78 is 25.5. The third-order valence-corrected chi connectivity index (χ3v) is 6.39. The predicted molar refractivity (Wildman–Crippen MR) is 98.3 cm³/mol. The highest BCUT2D eigenvalue weighted by molar-refractivity contribution is 9.10. The number of sulfone groups is 1. The van der Waals surface area contributed by atoms with E-state index >= 15 is 0 Å². The Balaban J connectivity index is 1.70. The lowest BCUT2D eigenvalue weighted by molar-refractivity contribution is -0.130. The van der Waals surface area contributed by atoms with E-state index in [0.29, 0.717) is 11.3 Å². The second kappa shape index (κ2) is 6.76. The van der Waals surface area contributed by atoms with Gasteiger partial charge in [-0.05, 0) is 43.2 Å². The number of nitrogens with zero attached hydrogens (tertiary/aromatic N) is 2. The predicted octanol–water partition coefficient (Wildman–Crippen LogP) is 2.77. The van der Waals surface area contributed by atoms with E-state index in [1.165, 1.54) is 11.0 Å². The van der Waals surface area contributed by atoms with Crippen LogP contribution >= 0.6 is 15.9 Å². The Morgan fingerprint density at radius 1 is 1.40 bits per heavy atom. The molecule has 1 saturated heterocycles. The molecule has 3 rings (SSSR count). The molecule has 2 aliphatic rings. The normalized spacial score (nSPS) is 23.8. The lowest BCUT2D eigenvalue weighted by Crippen LogP contribution is -2.58. The second-order valence-corrected chi connectivity index (χ2v) is 9.06. The van der Waals surface area contributed by atoms with Gasteiger partial charge in [-0.1, -0.05) is 33.2 Å². The van der Waals surface area contributed by atoms with Crippen molar-refractivity contribution in [2.75, 3.05) is 5.75 Å². The van der Waals surface area contributed by atoms with Crippen LogP contribution in [0.3, 0.4) is 0 Å². The highest BCUT2D eigenvalue weighted by Gasteiger charge is 2.51. The third-order valence-electron chi connectivity index (χ3n) is 3.85. The molecule has 0 saturated carbocycles. The Hall–Kier alpha value is -1.93. The minimum atomic E-state index is -3.40. The zero-order valence-corrected chi connectivity index (χ0v) is 16.2. The van der Waals surface area contributed by atoms with Crippen molar-refractivity contribution >= 4 is 37.4 Å². The first kappa shape index (κ1) is 17.9. The Kier molecular flexibility index (Phi) is 4.83. The molecule has 1 aromatic carbocycles. The smallest absolute Gasteiger partial charge is 0.258 e. The Labute approximate surface area is 154 Å². The number of hydrogen-bond acceptors (Lipinski definition) is 5. The quantitative estimate of drug-likeness (QED) is 0.322. The van der Waals surface area contributed by atoms with E-state index < -0.39 is 15.2 Å². The van der Waals surface area contributed by atoms with Crippen LogP contribution in [0.15, 0.2) is 57.3 Å². The Morgan fingerprint density at radius 3 is 2.76 bits per heavy atom. The first-order chi connectivity index (χ1) is 11.8. The maximum Gasteiger partial charge on any atom is 0.258 e. The molecule has 132 valence electrons. The molecule has 1 fully saturated rings. The zero-order valence-electron chi connectivity index (χ0n) is 13.8. The van der Waals surface area contributed by atoms with Gasteiger partial charge in [0.2, 0.25) is 0 Å². The molecular formula is C17H17BrN2O4S. The molecule has 1 aromatic rings. The number of allylic oxidation sites excluding steroid dienone is 1. The van der Waals surface area contributed by atoms with Crippen LogP contribution in [-0.2, 0) is 26.1 Å². The summed E-state index contributed by atoms with van der Waals surface area (Å²) in [6, 6.07) is 7.62. The van der Waals surface area contributed by atoms with Crippen LogP contribution in [0.2, 0.25) is 0 Å². The van der Waals surface area contributed by atoms with Gasteiger partial charge in [0.05, 0.1) is 17.0 Å². The average Bonchev–Trinajstić information content (AvgIpc) is 2.53. The molecule has 6 nitrogen and oxygen atoms in total. The molecule has 8 heteroatoms. The first-order valence-corrected chi connectivity index (χ1v) is 10.1. The summed E-state index contributed by atoms with van der Waals surface area (Å²) in [5.41, 5.74) is 2.29. The summed E-state index contributed by atoms with van der Waals surface area (Å²) in [6.07, 6.45) is 3.08. The van der Waals surface area contributed by atoms with Crippen molar-refractivity contribution in [2.24, 2.45) is 5.16 Å². The lowest BCUT2D eigenvalue weighted by atomic mass is 10.0. The largest absolute Gasteiger partial charge is 0.391 e. The van der Waals surface area contributed by atoms with Gasteiger partial charge in [-0.25, -0.2) is 8.42 Å². The molecule has 0 bridgehead atoms. The Bertz CT molecular complexity index is 901. The molecule has 0 spiro atoms. The summed E-state index contributed by atoms with van der Waals surface area (Å²) in [6.45, 7) is 3.66. The molecule has 1 atom stereocenters. The van der Waals surface area contributed by atoms with Crippen LogP contribution in [0, 0.1) is 0 Å². The molecule has 0 radical (unpaired) electrons. The van der Waals surface area contributed by atoms with Gasteiger partial charge in [-0.3, -0.25) is 9.69 Å². The highest BCUT2D eigenvalue weighted by atomic mass is 79.9. The van der Waals surface area contributed by atoms with Gasteiger partial charge in [-0.15, -0.1) is 0 Å². The van der Waals surface area contributed by atoms with Crippen molar-refractivity contribution < 1.29 is 18.0 Å². The van der Waals surface area contributed by atoms with E-state index in [4.69, 9.17) is 4.84 Å². The van der Waals surface area contributed by atoms with E-state index in [9.17, 15) is 13.2 Å². The number of amides is 1. The van der Waals surface area contributed by atoms with Crippen molar-refractivity contribution in [3.8, 4) is 0 Å². The van der Waals surface area contributed by atoms with Gasteiger partial charge >= 0.3 is 0 Å². The molecule has 1 unspecified atom stereocenters. The summed E-state index contributed by atoms with van der Waals surface area (Å²) in [7, 11) is -3.40. The van der Waals surface area contributed by atoms with Crippen molar-refractivity contribution in [1.29, 1.82) is 0 Å². The van der Waals surface area contributed by atoms with Crippen LogP contribution < -0.4 is 0 Å².